The lowest BCUT2D eigenvalue weighted by Gasteiger charge is -2.33. The van der Waals surface area contributed by atoms with Gasteiger partial charge >= 0.3 is 5.97 Å². The van der Waals surface area contributed by atoms with Crippen LogP contribution in [0.15, 0.2) is 0 Å². The number of nitrogens with zero attached hydrogens (tertiary/aromatic N) is 1. The first kappa shape index (κ1) is 14.3. The van der Waals surface area contributed by atoms with E-state index >= 15 is 0 Å². The van der Waals surface area contributed by atoms with E-state index in [2.05, 4.69) is 0 Å². The monoisotopic (exact) mass is 271 g/mol. The van der Waals surface area contributed by atoms with Gasteiger partial charge in [0, 0.05) is 19.6 Å². The molecule has 0 aromatic rings. The maximum absolute atomic E-state index is 12.1. The molecule has 1 amide bonds. The fourth-order valence-corrected chi connectivity index (χ4v) is 2.57. The molecule has 0 aliphatic carbocycles. The molecule has 0 radical (unpaired) electrons. The summed E-state index contributed by atoms with van der Waals surface area (Å²) in [6, 6.07) is -0.839. The van der Waals surface area contributed by atoms with E-state index in [-0.39, 0.29) is 18.6 Å². The summed E-state index contributed by atoms with van der Waals surface area (Å²) in [6.07, 6.45) is 4.43. The number of hydrogen-bond acceptors (Lipinski definition) is 4. The average Bonchev–Trinajstić information content (AvgIpc) is 2.46. The molecule has 2 atom stereocenters. The first-order valence-electron chi connectivity index (χ1n) is 6.90. The van der Waals surface area contributed by atoms with Crippen molar-refractivity contribution in [2.45, 2.75) is 44.2 Å². The van der Waals surface area contributed by atoms with Crippen molar-refractivity contribution in [2.75, 3.05) is 26.4 Å². The summed E-state index contributed by atoms with van der Waals surface area (Å²) in [5.74, 6) is -1.10. The third-order valence-corrected chi connectivity index (χ3v) is 3.69. The van der Waals surface area contributed by atoms with E-state index in [0.717, 1.165) is 25.9 Å². The Morgan fingerprint density at radius 3 is 2.79 bits per heavy atom. The van der Waals surface area contributed by atoms with Crippen molar-refractivity contribution < 1.29 is 24.2 Å². The molecule has 108 valence electrons. The third-order valence-electron chi connectivity index (χ3n) is 3.69. The van der Waals surface area contributed by atoms with Crippen LogP contribution in [0, 0.1) is 0 Å². The molecule has 2 saturated heterocycles. The van der Waals surface area contributed by atoms with Crippen LogP contribution in [0.3, 0.4) is 0 Å². The Kier molecular flexibility index (Phi) is 5.15. The lowest BCUT2D eigenvalue weighted by Crippen LogP contribution is -2.52. The minimum absolute atomic E-state index is 0.0843. The van der Waals surface area contributed by atoms with Gasteiger partial charge in [-0.2, -0.15) is 0 Å². The zero-order chi connectivity index (χ0) is 13.7. The molecule has 0 spiro atoms. The molecule has 0 aromatic heterocycles. The molecule has 0 saturated carbocycles. The first-order chi connectivity index (χ1) is 9.18. The molecule has 1 N–H and O–H groups in total. The van der Waals surface area contributed by atoms with Crippen LogP contribution in [-0.4, -0.2) is 60.4 Å². The summed E-state index contributed by atoms with van der Waals surface area (Å²) in [4.78, 5) is 24.6. The Morgan fingerprint density at radius 1 is 1.26 bits per heavy atom. The van der Waals surface area contributed by atoms with Gasteiger partial charge in [-0.1, -0.05) is 0 Å². The summed E-state index contributed by atoms with van der Waals surface area (Å²) < 4.78 is 10.7. The number of carboxylic acids is 1. The lowest BCUT2D eigenvalue weighted by molar-refractivity contribution is -0.158. The van der Waals surface area contributed by atoms with E-state index < -0.39 is 12.0 Å². The molecule has 6 heteroatoms. The normalized spacial score (nSPS) is 28.1. The van der Waals surface area contributed by atoms with Crippen molar-refractivity contribution in [3.63, 3.8) is 0 Å². The molecular formula is C13H21NO5. The number of ether oxygens (including phenoxy) is 2. The number of rotatable bonds is 4. The van der Waals surface area contributed by atoms with Gasteiger partial charge in [-0.15, -0.1) is 0 Å². The first-order valence-corrected chi connectivity index (χ1v) is 6.90. The average molecular weight is 271 g/mol. The molecule has 2 aliphatic heterocycles. The van der Waals surface area contributed by atoms with Gasteiger partial charge in [-0.3, -0.25) is 4.79 Å². The zero-order valence-electron chi connectivity index (χ0n) is 11.0. The molecule has 2 heterocycles. The Bertz CT molecular complexity index is 327. The second-order valence-electron chi connectivity index (χ2n) is 5.04. The second-order valence-corrected chi connectivity index (χ2v) is 5.04. The number of carboxylic acid groups (broad SMARTS) is 1. The standard InChI is InChI=1S/C13H21NO5/c15-12(5-4-10-3-1-2-7-19-10)14-6-8-18-9-11(14)13(16)17/h10-11H,1-9H2,(H,16,17)/t10-,11-/m0/s1. The van der Waals surface area contributed by atoms with Crippen LogP contribution in [0.2, 0.25) is 0 Å². The molecule has 19 heavy (non-hydrogen) atoms. The Morgan fingerprint density at radius 2 is 2.11 bits per heavy atom. The maximum atomic E-state index is 12.1. The van der Waals surface area contributed by atoms with Crippen LogP contribution in [0.4, 0.5) is 0 Å². The highest BCUT2D eigenvalue weighted by atomic mass is 16.5. The van der Waals surface area contributed by atoms with Crippen LogP contribution in [-0.2, 0) is 19.1 Å². The quantitative estimate of drug-likeness (QED) is 0.812. The van der Waals surface area contributed by atoms with E-state index in [0.29, 0.717) is 26.0 Å². The number of amides is 1. The number of carbonyl (C=O) groups is 2. The van der Waals surface area contributed by atoms with Gasteiger partial charge in [-0.25, -0.2) is 4.79 Å². The molecule has 6 nitrogen and oxygen atoms in total. The number of hydrogen-bond donors (Lipinski definition) is 1. The second kappa shape index (κ2) is 6.86. The summed E-state index contributed by atoms with van der Waals surface area (Å²) in [7, 11) is 0. The van der Waals surface area contributed by atoms with Gasteiger partial charge in [0.25, 0.3) is 0 Å². The highest BCUT2D eigenvalue weighted by molar-refractivity contribution is 5.84. The van der Waals surface area contributed by atoms with Gasteiger partial charge in [-0.05, 0) is 25.7 Å². The summed E-state index contributed by atoms with van der Waals surface area (Å²) >= 11 is 0. The van der Waals surface area contributed by atoms with Gasteiger partial charge < -0.3 is 19.5 Å². The molecular weight excluding hydrogens is 250 g/mol. The lowest BCUT2D eigenvalue weighted by atomic mass is 10.0. The van der Waals surface area contributed by atoms with E-state index in [1.54, 1.807) is 0 Å². The van der Waals surface area contributed by atoms with Gasteiger partial charge in [0.05, 0.1) is 19.3 Å². The van der Waals surface area contributed by atoms with E-state index in [1.807, 2.05) is 0 Å². The van der Waals surface area contributed by atoms with Crippen molar-refractivity contribution >= 4 is 11.9 Å². The van der Waals surface area contributed by atoms with Gasteiger partial charge in [0.1, 0.15) is 0 Å². The maximum Gasteiger partial charge on any atom is 0.328 e. The molecule has 0 aromatic carbocycles. The number of carbonyl (C=O) groups excluding carboxylic acids is 1. The molecule has 0 unspecified atom stereocenters. The van der Waals surface area contributed by atoms with E-state index in [9.17, 15) is 9.59 Å². The van der Waals surface area contributed by atoms with Crippen molar-refractivity contribution in [3.05, 3.63) is 0 Å². The van der Waals surface area contributed by atoms with Crippen molar-refractivity contribution in [2.24, 2.45) is 0 Å². The molecule has 2 aliphatic rings. The minimum Gasteiger partial charge on any atom is -0.480 e. The fourth-order valence-electron chi connectivity index (χ4n) is 2.57. The minimum atomic E-state index is -0.998. The van der Waals surface area contributed by atoms with Gasteiger partial charge in [0.2, 0.25) is 5.91 Å². The predicted octanol–water partition coefficient (Wildman–Crippen LogP) is 0.648. The molecule has 2 rings (SSSR count). The highest BCUT2D eigenvalue weighted by Gasteiger charge is 2.32. The van der Waals surface area contributed by atoms with Gasteiger partial charge in [0.15, 0.2) is 6.04 Å². The van der Waals surface area contributed by atoms with Crippen LogP contribution in [0.25, 0.3) is 0 Å². The summed E-state index contributed by atoms with van der Waals surface area (Å²) in [5, 5.41) is 9.08. The van der Waals surface area contributed by atoms with Crippen LogP contribution < -0.4 is 0 Å². The van der Waals surface area contributed by atoms with E-state index in [1.165, 1.54) is 4.90 Å². The molecule has 0 bridgehead atoms. The summed E-state index contributed by atoms with van der Waals surface area (Å²) in [6.45, 7) is 1.63. The third kappa shape index (κ3) is 3.91. The van der Waals surface area contributed by atoms with Crippen LogP contribution in [0.5, 0.6) is 0 Å². The topological polar surface area (TPSA) is 76.1 Å². The number of morpholine rings is 1. The van der Waals surface area contributed by atoms with Crippen LogP contribution in [0.1, 0.15) is 32.1 Å². The summed E-state index contributed by atoms with van der Waals surface area (Å²) in [5.41, 5.74) is 0. The largest absolute Gasteiger partial charge is 0.480 e. The zero-order valence-corrected chi connectivity index (χ0v) is 11.0. The van der Waals surface area contributed by atoms with Crippen molar-refractivity contribution in [3.8, 4) is 0 Å². The Hall–Kier alpha value is -1.14. The smallest absolute Gasteiger partial charge is 0.328 e. The Labute approximate surface area is 112 Å². The van der Waals surface area contributed by atoms with E-state index in [4.69, 9.17) is 14.6 Å². The highest BCUT2D eigenvalue weighted by Crippen LogP contribution is 2.18. The Balaban J connectivity index is 1.81. The van der Waals surface area contributed by atoms with Crippen molar-refractivity contribution in [1.82, 2.24) is 4.90 Å². The SMILES string of the molecule is O=C(O)[C@@H]1COCCN1C(=O)CC[C@@H]1CCCCO1. The number of aliphatic carboxylic acids is 1. The predicted molar refractivity (Wildman–Crippen MR) is 66.8 cm³/mol. The molecule has 2 fully saturated rings. The fraction of sp³-hybridized carbons (Fsp3) is 0.846. The van der Waals surface area contributed by atoms with Crippen molar-refractivity contribution in [1.29, 1.82) is 0 Å². The van der Waals surface area contributed by atoms with Crippen LogP contribution >= 0.6 is 0 Å².